The number of nitrogens with one attached hydrogen (secondary N) is 1. The molecule has 5 rings (SSSR count). The molecule has 1 aromatic heterocycles. The lowest BCUT2D eigenvalue weighted by Crippen LogP contribution is -2.37. The molecule has 0 unspecified atom stereocenters. The molecule has 31 heavy (non-hydrogen) atoms. The van der Waals surface area contributed by atoms with Gasteiger partial charge in [-0.05, 0) is 49.6 Å². The summed E-state index contributed by atoms with van der Waals surface area (Å²) in [5.74, 6) is -0.590. The first kappa shape index (κ1) is 19.7. The third kappa shape index (κ3) is 3.57. The van der Waals surface area contributed by atoms with Crippen LogP contribution in [0.15, 0.2) is 42.5 Å². The van der Waals surface area contributed by atoms with Gasteiger partial charge in [-0.3, -0.25) is 19.1 Å². The van der Waals surface area contributed by atoms with E-state index in [1.165, 1.54) is 12.1 Å². The smallest absolute Gasteiger partial charge is 0.253 e. The Morgan fingerprint density at radius 3 is 2.90 bits per heavy atom. The molecular formula is C23H23FN4O3. The van der Waals surface area contributed by atoms with Crippen LogP contribution in [-0.2, 0) is 14.3 Å². The zero-order valence-corrected chi connectivity index (χ0v) is 17.2. The standard InChI is InChI=1S/C23H23FN4O3/c1-14-8-9-17(16(24)11-14)25-21(29)12-20-22(30)27(13-15-5-4-10-31-15)23-26-18-6-2-3-7-19(18)28(20)23/h2-3,6-9,11,15,20H,4-5,10,12-13H2,1H3,(H,25,29)/t15-,20-/m1/s1. The Labute approximate surface area is 178 Å². The van der Waals surface area contributed by atoms with Crippen LogP contribution in [0.3, 0.4) is 0 Å². The number of nitrogens with zero attached hydrogens (tertiary/aromatic N) is 3. The quantitative estimate of drug-likeness (QED) is 0.682. The fourth-order valence-corrected chi connectivity index (χ4v) is 4.36. The molecule has 2 aromatic carbocycles. The molecule has 2 aliphatic rings. The molecule has 0 aliphatic carbocycles. The van der Waals surface area contributed by atoms with E-state index in [9.17, 15) is 14.0 Å². The molecule has 2 aliphatic heterocycles. The lowest BCUT2D eigenvalue weighted by Gasteiger charge is -2.19. The number of rotatable bonds is 5. The number of carbonyl (C=O) groups is 2. The summed E-state index contributed by atoms with van der Waals surface area (Å²) in [7, 11) is 0. The van der Waals surface area contributed by atoms with Gasteiger partial charge < -0.3 is 10.1 Å². The highest BCUT2D eigenvalue weighted by molar-refractivity contribution is 6.05. The van der Waals surface area contributed by atoms with Gasteiger partial charge in [-0.1, -0.05) is 18.2 Å². The maximum absolute atomic E-state index is 14.2. The Morgan fingerprint density at radius 1 is 1.29 bits per heavy atom. The molecule has 0 spiro atoms. The molecule has 7 nitrogen and oxygen atoms in total. The first-order valence-corrected chi connectivity index (χ1v) is 10.5. The van der Waals surface area contributed by atoms with Crippen LogP contribution in [0.25, 0.3) is 11.0 Å². The number of anilines is 2. The van der Waals surface area contributed by atoms with Crippen molar-refractivity contribution in [2.45, 2.75) is 38.3 Å². The number of benzene rings is 2. The molecule has 0 radical (unpaired) electrons. The van der Waals surface area contributed by atoms with Gasteiger partial charge >= 0.3 is 0 Å². The number of imidazole rings is 1. The predicted octanol–water partition coefficient (Wildman–Crippen LogP) is 3.58. The highest BCUT2D eigenvalue weighted by atomic mass is 19.1. The Morgan fingerprint density at radius 2 is 2.13 bits per heavy atom. The number of carbonyl (C=O) groups excluding carboxylic acids is 2. The molecule has 3 aromatic rings. The van der Waals surface area contributed by atoms with E-state index in [0.29, 0.717) is 19.1 Å². The topological polar surface area (TPSA) is 76.5 Å². The number of hydrogen-bond donors (Lipinski definition) is 1. The van der Waals surface area contributed by atoms with Crippen molar-refractivity contribution in [3.63, 3.8) is 0 Å². The van der Waals surface area contributed by atoms with Crippen molar-refractivity contribution < 1.29 is 18.7 Å². The molecular weight excluding hydrogens is 399 g/mol. The van der Waals surface area contributed by atoms with Gasteiger partial charge in [0, 0.05) is 6.61 Å². The van der Waals surface area contributed by atoms with Crippen LogP contribution in [0.2, 0.25) is 0 Å². The Kier molecular flexibility index (Phi) is 4.94. The molecule has 8 heteroatoms. The van der Waals surface area contributed by atoms with Gasteiger partial charge in [0.15, 0.2) is 0 Å². The zero-order chi connectivity index (χ0) is 21.5. The molecule has 1 fully saturated rings. The first-order valence-electron chi connectivity index (χ1n) is 10.5. The Balaban J connectivity index is 1.44. The van der Waals surface area contributed by atoms with Gasteiger partial charge in [0.05, 0.1) is 35.8 Å². The average molecular weight is 422 g/mol. The fraction of sp³-hybridized carbons (Fsp3) is 0.348. The number of ether oxygens (including phenoxy) is 1. The Bertz CT molecular complexity index is 1170. The highest BCUT2D eigenvalue weighted by Gasteiger charge is 2.42. The molecule has 3 heterocycles. The second kappa shape index (κ2) is 7.77. The number of para-hydroxylation sites is 2. The minimum atomic E-state index is -0.739. The third-order valence-corrected chi connectivity index (χ3v) is 5.87. The maximum atomic E-state index is 14.2. The second-order valence-corrected chi connectivity index (χ2v) is 8.11. The third-order valence-electron chi connectivity index (χ3n) is 5.87. The molecule has 160 valence electrons. The SMILES string of the molecule is Cc1ccc(NC(=O)C[C@@H]2C(=O)N(C[C@H]3CCCO3)c3nc4ccccc4n32)c(F)c1. The van der Waals surface area contributed by atoms with Crippen molar-refractivity contribution in [1.29, 1.82) is 0 Å². The molecule has 2 amide bonds. The van der Waals surface area contributed by atoms with E-state index in [1.807, 2.05) is 28.8 Å². The van der Waals surface area contributed by atoms with Crippen molar-refractivity contribution in [2.24, 2.45) is 0 Å². The van der Waals surface area contributed by atoms with E-state index < -0.39 is 17.8 Å². The van der Waals surface area contributed by atoms with Crippen LogP contribution < -0.4 is 10.2 Å². The van der Waals surface area contributed by atoms with Gasteiger partial charge in [0.25, 0.3) is 5.91 Å². The summed E-state index contributed by atoms with van der Waals surface area (Å²) in [5.41, 5.74) is 2.42. The Hall–Kier alpha value is -3.26. The van der Waals surface area contributed by atoms with Gasteiger partial charge in [0.2, 0.25) is 11.9 Å². The van der Waals surface area contributed by atoms with Crippen LogP contribution in [0.5, 0.6) is 0 Å². The van der Waals surface area contributed by atoms with Crippen LogP contribution in [0, 0.1) is 12.7 Å². The summed E-state index contributed by atoms with van der Waals surface area (Å²) in [5, 5.41) is 2.60. The zero-order valence-electron chi connectivity index (χ0n) is 17.2. The predicted molar refractivity (Wildman–Crippen MR) is 114 cm³/mol. The number of aryl methyl sites for hydroxylation is 1. The molecule has 1 N–H and O–H groups in total. The summed E-state index contributed by atoms with van der Waals surface area (Å²) in [6.45, 7) is 2.88. The van der Waals surface area contributed by atoms with E-state index in [2.05, 4.69) is 10.3 Å². The summed E-state index contributed by atoms with van der Waals surface area (Å²) < 4.78 is 21.7. The molecule has 1 saturated heterocycles. The maximum Gasteiger partial charge on any atom is 0.253 e. The van der Waals surface area contributed by atoms with Gasteiger partial charge in [-0.2, -0.15) is 0 Å². The minimum absolute atomic E-state index is 0.0357. The number of halogens is 1. The van der Waals surface area contributed by atoms with Crippen molar-refractivity contribution in [3.8, 4) is 0 Å². The van der Waals surface area contributed by atoms with E-state index in [0.717, 1.165) is 29.4 Å². The van der Waals surface area contributed by atoms with Crippen molar-refractivity contribution in [2.75, 3.05) is 23.4 Å². The summed E-state index contributed by atoms with van der Waals surface area (Å²) in [6, 6.07) is 11.4. The van der Waals surface area contributed by atoms with E-state index >= 15 is 0 Å². The molecule has 0 saturated carbocycles. The van der Waals surface area contributed by atoms with Crippen molar-refractivity contribution in [1.82, 2.24) is 9.55 Å². The molecule has 2 atom stereocenters. The average Bonchev–Trinajstić information content (AvgIpc) is 3.44. The van der Waals surface area contributed by atoms with E-state index in [4.69, 9.17) is 4.74 Å². The largest absolute Gasteiger partial charge is 0.376 e. The second-order valence-electron chi connectivity index (χ2n) is 8.11. The number of hydrogen-bond acceptors (Lipinski definition) is 4. The molecule has 0 bridgehead atoms. The lowest BCUT2D eigenvalue weighted by atomic mass is 10.1. The van der Waals surface area contributed by atoms with Crippen LogP contribution >= 0.6 is 0 Å². The fourth-order valence-electron chi connectivity index (χ4n) is 4.36. The number of aromatic nitrogens is 2. The van der Waals surface area contributed by atoms with E-state index in [1.54, 1.807) is 17.9 Å². The highest BCUT2D eigenvalue weighted by Crippen LogP contribution is 2.37. The number of fused-ring (bicyclic) bond motifs is 3. The minimum Gasteiger partial charge on any atom is -0.376 e. The van der Waals surface area contributed by atoms with Gasteiger partial charge in [0.1, 0.15) is 11.9 Å². The van der Waals surface area contributed by atoms with Crippen molar-refractivity contribution >= 4 is 34.5 Å². The van der Waals surface area contributed by atoms with Crippen LogP contribution in [0.4, 0.5) is 16.0 Å². The summed E-state index contributed by atoms with van der Waals surface area (Å²) >= 11 is 0. The van der Waals surface area contributed by atoms with E-state index in [-0.39, 0.29) is 24.1 Å². The van der Waals surface area contributed by atoms with Gasteiger partial charge in [-0.15, -0.1) is 0 Å². The van der Waals surface area contributed by atoms with Crippen LogP contribution in [0.1, 0.15) is 30.9 Å². The summed E-state index contributed by atoms with van der Waals surface area (Å²) in [6.07, 6.45) is 1.71. The van der Waals surface area contributed by atoms with Gasteiger partial charge in [-0.25, -0.2) is 9.37 Å². The van der Waals surface area contributed by atoms with Crippen molar-refractivity contribution in [3.05, 3.63) is 53.8 Å². The lowest BCUT2D eigenvalue weighted by molar-refractivity contribution is -0.124. The first-order chi connectivity index (χ1) is 15.0. The monoisotopic (exact) mass is 422 g/mol. The summed E-state index contributed by atoms with van der Waals surface area (Å²) in [4.78, 5) is 32.4. The number of amides is 2. The normalized spacial score (nSPS) is 20.5. The van der Waals surface area contributed by atoms with Crippen LogP contribution in [-0.4, -0.2) is 40.6 Å².